The minimum Gasteiger partial charge on any atom is -0.378 e. The van der Waals surface area contributed by atoms with Crippen LogP contribution in [0.4, 0.5) is 22.9 Å². The maximum Gasteiger partial charge on any atom is 0.230 e. The summed E-state index contributed by atoms with van der Waals surface area (Å²) >= 11 is 0. The third-order valence-corrected chi connectivity index (χ3v) is 7.66. The van der Waals surface area contributed by atoms with Crippen LogP contribution in [0.5, 0.6) is 0 Å². The van der Waals surface area contributed by atoms with Gasteiger partial charge in [-0.2, -0.15) is 0 Å². The van der Waals surface area contributed by atoms with Gasteiger partial charge in [0, 0.05) is 37.9 Å². The molecule has 1 saturated carbocycles. The highest BCUT2D eigenvalue weighted by Gasteiger charge is 2.34. The second kappa shape index (κ2) is 12.7. The maximum atomic E-state index is 14.0. The van der Waals surface area contributed by atoms with Gasteiger partial charge in [-0.25, -0.2) is 4.98 Å². The standard InChI is InChI=1S/C28H38N4O3.C2H6.H2/c1-19(2)35-20(3)21-6-8-22(9-7-21)28(33)32-18-23-5-4-12-29-27(23)30-25-11-10-24(17-26(25)32)31-13-15-34-16-14-31;1-2;/h4-5,10-12,17,19-22H,6-9,13-16,18H2,1-3H3,(H,29,30);1-2H3;1H/t20-,21?,22?;;/m0../s1. The summed E-state index contributed by atoms with van der Waals surface area (Å²) in [6, 6.07) is 10.4. The smallest absolute Gasteiger partial charge is 0.230 e. The van der Waals surface area contributed by atoms with Crippen LogP contribution in [0, 0.1) is 11.8 Å². The van der Waals surface area contributed by atoms with Crippen molar-refractivity contribution in [2.24, 2.45) is 11.8 Å². The molecule has 37 heavy (non-hydrogen) atoms. The van der Waals surface area contributed by atoms with Crippen LogP contribution in [0.15, 0.2) is 36.5 Å². The normalized spacial score (nSPS) is 22.1. The third-order valence-electron chi connectivity index (χ3n) is 7.66. The zero-order valence-electron chi connectivity index (χ0n) is 23.2. The first-order chi connectivity index (χ1) is 18.0. The van der Waals surface area contributed by atoms with E-state index in [1.54, 1.807) is 6.20 Å². The summed E-state index contributed by atoms with van der Waals surface area (Å²) in [6.45, 7) is 14.1. The minimum absolute atomic E-state index is 0. The Morgan fingerprint density at radius 1 is 1.11 bits per heavy atom. The van der Waals surface area contributed by atoms with Crippen molar-refractivity contribution in [2.45, 2.75) is 79.1 Å². The van der Waals surface area contributed by atoms with Crippen molar-refractivity contribution in [3.05, 3.63) is 42.1 Å². The predicted octanol–water partition coefficient (Wildman–Crippen LogP) is 6.40. The molecule has 0 unspecified atom stereocenters. The number of morpholine rings is 1. The Kier molecular flexibility index (Phi) is 9.43. The van der Waals surface area contributed by atoms with Crippen LogP contribution in [0.2, 0.25) is 0 Å². The summed E-state index contributed by atoms with van der Waals surface area (Å²) in [5.41, 5.74) is 4.04. The number of carbonyl (C=O) groups is 1. The number of anilines is 4. The predicted molar refractivity (Wildman–Crippen MR) is 153 cm³/mol. The lowest BCUT2D eigenvalue weighted by molar-refractivity contribution is -0.124. The molecule has 2 fully saturated rings. The van der Waals surface area contributed by atoms with Gasteiger partial charge in [0.25, 0.3) is 0 Å². The molecule has 3 heterocycles. The number of nitrogens with one attached hydrogen (secondary N) is 1. The lowest BCUT2D eigenvalue weighted by Gasteiger charge is -2.35. The first kappa shape index (κ1) is 27.4. The topological polar surface area (TPSA) is 66.9 Å². The summed E-state index contributed by atoms with van der Waals surface area (Å²) in [7, 11) is 0. The van der Waals surface area contributed by atoms with Crippen molar-refractivity contribution in [3.63, 3.8) is 0 Å². The Bertz CT molecular complexity index is 1040. The Morgan fingerprint density at radius 2 is 1.84 bits per heavy atom. The first-order valence-corrected chi connectivity index (χ1v) is 14.1. The number of hydrogen-bond acceptors (Lipinski definition) is 6. The van der Waals surface area contributed by atoms with Gasteiger partial charge in [0.15, 0.2) is 0 Å². The minimum atomic E-state index is 0. The van der Waals surface area contributed by atoms with E-state index >= 15 is 0 Å². The molecule has 2 aliphatic heterocycles. The number of rotatable bonds is 5. The van der Waals surface area contributed by atoms with Crippen molar-refractivity contribution in [2.75, 3.05) is 41.4 Å². The maximum absolute atomic E-state index is 14.0. The number of ether oxygens (including phenoxy) is 2. The van der Waals surface area contributed by atoms with Gasteiger partial charge in [-0.3, -0.25) is 4.79 Å². The fourth-order valence-corrected chi connectivity index (χ4v) is 5.72. The molecule has 204 valence electrons. The molecule has 5 rings (SSSR count). The number of nitrogens with zero attached hydrogens (tertiary/aromatic N) is 3. The van der Waals surface area contributed by atoms with E-state index in [0.717, 1.165) is 80.4 Å². The molecule has 7 heteroatoms. The van der Waals surface area contributed by atoms with E-state index in [4.69, 9.17) is 9.47 Å². The fraction of sp³-hybridized carbons (Fsp3) is 0.600. The van der Waals surface area contributed by atoms with Gasteiger partial charge in [-0.15, -0.1) is 0 Å². The fourth-order valence-electron chi connectivity index (χ4n) is 5.72. The lowest BCUT2D eigenvalue weighted by Crippen LogP contribution is -2.39. The molecule has 7 nitrogen and oxygen atoms in total. The van der Waals surface area contributed by atoms with Crippen LogP contribution < -0.4 is 15.1 Å². The molecule has 0 bridgehead atoms. The second-order valence-electron chi connectivity index (χ2n) is 10.4. The zero-order chi connectivity index (χ0) is 26.4. The van der Waals surface area contributed by atoms with E-state index in [1.165, 1.54) is 0 Å². The Hall–Kier alpha value is -2.64. The molecular weight excluding hydrogens is 464 g/mol. The van der Waals surface area contributed by atoms with E-state index in [-0.39, 0.29) is 25.5 Å². The summed E-state index contributed by atoms with van der Waals surface area (Å²) in [5, 5.41) is 3.50. The highest BCUT2D eigenvalue weighted by molar-refractivity contribution is 6.00. The average molecular weight is 511 g/mol. The van der Waals surface area contributed by atoms with E-state index in [2.05, 4.69) is 60.2 Å². The Balaban J connectivity index is 0.00000130. The van der Waals surface area contributed by atoms with E-state index in [0.29, 0.717) is 12.5 Å². The van der Waals surface area contributed by atoms with Crippen molar-refractivity contribution in [1.29, 1.82) is 0 Å². The van der Waals surface area contributed by atoms with Gasteiger partial charge in [0.05, 0.1) is 43.3 Å². The molecule has 0 radical (unpaired) electrons. The monoisotopic (exact) mass is 510 g/mol. The molecule has 1 saturated heterocycles. The average Bonchev–Trinajstić information content (AvgIpc) is 3.10. The SMILES string of the molecule is CC.CC(C)O[C@@H](C)C1CCC(C(=O)N2Cc3cccnc3Nc3ccc(N4CCOCC4)cc32)CC1.[HH]. The largest absolute Gasteiger partial charge is 0.378 e. The summed E-state index contributed by atoms with van der Waals surface area (Å²) in [4.78, 5) is 22.9. The van der Waals surface area contributed by atoms with Gasteiger partial charge in [0.1, 0.15) is 5.82 Å². The van der Waals surface area contributed by atoms with Gasteiger partial charge >= 0.3 is 0 Å². The zero-order valence-corrected chi connectivity index (χ0v) is 23.2. The van der Waals surface area contributed by atoms with Crippen LogP contribution in [-0.2, 0) is 20.8 Å². The first-order valence-electron chi connectivity index (χ1n) is 14.1. The van der Waals surface area contributed by atoms with Crippen LogP contribution in [0.1, 0.15) is 67.3 Å². The second-order valence-corrected chi connectivity index (χ2v) is 10.4. The molecule has 1 amide bonds. The number of carbonyl (C=O) groups excluding carboxylic acids is 1. The Morgan fingerprint density at radius 3 is 2.54 bits per heavy atom. The van der Waals surface area contributed by atoms with E-state index in [9.17, 15) is 4.79 Å². The van der Waals surface area contributed by atoms with Gasteiger partial charge in [0.2, 0.25) is 5.91 Å². The number of amides is 1. The van der Waals surface area contributed by atoms with Gasteiger partial charge < -0.3 is 24.6 Å². The van der Waals surface area contributed by atoms with Crippen molar-refractivity contribution in [1.82, 2.24) is 4.98 Å². The van der Waals surface area contributed by atoms with Crippen molar-refractivity contribution < 1.29 is 15.7 Å². The Labute approximate surface area is 224 Å². The molecule has 3 aliphatic rings. The molecule has 1 aromatic heterocycles. The number of pyridine rings is 1. The number of aromatic nitrogens is 1. The quantitative estimate of drug-likeness (QED) is 0.502. The van der Waals surface area contributed by atoms with Crippen molar-refractivity contribution >= 4 is 28.8 Å². The van der Waals surface area contributed by atoms with Crippen LogP contribution >= 0.6 is 0 Å². The molecule has 1 aromatic carbocycles. The number of benzene rings is 1. The highest BCUT2D eigenvalue weighted by Crippen LogP contribution is 2.40. The highest BCUT2D eigenvalue weighted by atomic mass is 16.5. The lowest BCUT2D eigenvalue weighted by atomic mass is 9.79. The van der Waals surface area contributed by atoms with Gasteiger partial charge in [-0.05, 0) is 76.6 Å². The van der Waals surface area contributed by atoms with E-state index < -0.39 is 0 Å². The number of fused-ring (bicyclic) bond motifs is 2. The molecule has 1 N–H and O–H groups in total. The molecule has 1 atom stereocenters. The summed E-state index contributed by atoms with van der Waals surface area (Å²) < 4.78 is 11.6. The number of hydrogen-bond donors (Lipinski definition) is 1. The van der Waals surface area contributed by atoms with E-state index in [1.807, 2.05) is 24.8 Å². The third kappa shape index (κ3) is 6.44. The van der Waals surface area contributed by atoms with Crippen LogP contribution in [0.25, 0.3) is 0 Å². The van der Waals surface area contributed by atoms with Crippen LogP contribution in [-0.4, -0.2) is 49.4 Å². The summed E-state index contributed by atoms with van der Waals surface area (Å²) in [6.07, 6.45) is 6.18. The molecule has 0 spiro atoms. The molecular formula is C30H46N4O3. The summed E-state index contributed by atoms with van der Waals surface area (Å²) in [5.74, 6) is 1.61. The molecule has 2 aromatic rings. The van der Waals surface area contributed by atoms with Crippen LogP contribution in [0.3, 0.4) is 0 Å². The van der Waals surface area contributed by atoms with Gasteiger partial charge in [-0.1, -0.05) is 19.9 Å². The van der Waals surface area contributed by atoms with Crippen molar-refractivity contribution in [3.8, 4) is 0 Å². The molecule has 1 aliphatic carbocycles.